The first-order valence-electron chi connectivity index (χ1n) is 6.02. The van der Waals surface area contributed by atoms with Crippen molar-refractivity contribution in [2.75, 3.05) is 11.4 Å². The maximum Gasteiger partial charge on any atom is 0.339 e. The molecule has 7 nitrogen and oxygen atoms in total. The zero-order valence-electron chi connectivity index (χ0n) is 11.2. The number of anilines is 1. The molecule has 19 heavy (non-hydrogen) atoms. The van der Waals surface area contributed by atoms with Gasteiger partial charge in [0, 0.05) is 18.7 Å². The van der Waals surface area contributed by atoms with E-state index in [1.165, 1.54) is 0 Å². The van der Waals surface area contributed by atoms with Gasteiger partial charge in [-0.25, -0.2) is 9.78 Å². The number of hydrogen-bond donors (Lipinski definition) is 1. The Morgan fingerprint density at radius 3 is 2.63 bits per heavy atom. The van der Waals surface area contributed by atoms with Gasteiger partial charge < -0.3 is 10.0 Å². The second kappa shape index (κ2) is 6.12. The van der Waals surface area contributed by atoms with Crippen LogP contribution in [0.3, 0.4) is 0 Å². The molecule has 0 bridgehead atoms. The fourth-order valence-electron chi connectivity index (χ4n) is 1.78. The Morgan fingerprint density at radius 1 is 1.58 bits per heavy atom. The van der Waals surface area contributed by atoms with E-state index < -0.39 is 10.9 Å². The number of hydrogen-bond acceptors (Lipinski definition) is 5. The smallest absolute Gasteiger partial charge is 0.339 e. The average Bonchev–Trinajstić information content (AvgIpc) is 2.34. The summed E-state index contributed by atoms with van der Waals surface area (Å²) in [6.45, 7) is 6.46. The number of nitrogens with zero attached hydrogens (tertiary/aromatic N) is 3. The molecule has 1 N–H and O–H groups in total. The Morgan fingerprint density at radius 2 is 2.21 bits per heavy atom. The van der Waals surface area contributed by atoms with Crippen LogP contribution < -0.4 is 4.90 Å². The van der Waals surface area contributed by atoms with Crippen LogP contribution in [-0.2, 0) is 0 Å². The lowest BCUT2D eigenvalue weighted by molar-refractivity contribution is -0.385. The molecule has 1 heterocycles. The Hall–Kier alpha value is -2.18. The first-order chi connectivity index (χ1) is 8.88. The van der Waals surface area contributed by atoms with Gasteiger partial charge in [-0.2, -0.15) is 0 Å². The molecule has 0 aliphatic rings. The molecular formula is C12H17N3O4. The van der Waals surface area contributed by atoms with E-state index in [4.69, 9.17) is 0 Å². The number of rotatable bonds is 6. The van der Waals surface area contributed by atoms with Gasteiger partial charge in [-0.3, -0.25) is 10.1 Å². The maximum absolute atomic E-state index is 11.2. The van der Waals surface area contributed by atoms with Crippen LogP contribution in [-0.4, -0.2) is 33.6 Å². The highest BCUT2D eigenvalue weighted by Gasteiger charge is 2.22. The van der Waals surface area contributed by atoms with Crippen LogP contribution in [0.15, 0.2) is 12.3 Å². The lowest BCUT2D eigenvalue weighted by atomic mass is 10.2. The molecule has 0 atom stereocenters. The number of carbonyl (C=O) groups is 1. The van der Waals surface area contributed by atoms with Crippen molar-refractivity contribution >= 4 is 17.5 Å². The summed E-state index contributed by atoms with van der Waals surface area (Å²) >= 11 is 0. The van der Waals surface area contributed by atoms with Crippen LogP contribution in [0.5, 0.6) is 0 Å². The molecule has 1 aromatic rings. The molecule has 0 aliphatic heterocycles. The van der Waals surface area contributed by atoms with Crippen molar-refractivity contribution in [1.29, 1.82) is 0 Å². The van der Waals surface area contributed by atoms with Gasteiger partial charge in [0.1, 0.15) is 17.6 Å². The number of carboxylic acid groups (broad SMARTS) is 1. The van der Waals surface area contributed by atoms with Crippen LogP contribution in [0.25, 0.3) is 0 Å². The predicted molar refractivity (Wildman–Crippen MR) is 70.6 cm³/mol. The topological polar surface area (TPSA) is 96.6 Å². The first kappa shape index (κ1) is 14.9. The van der Waals surface area contributed by atoms with E-state index in [2.05, 4.69) is 4.98 Å². The molecule has 0 spiro atoms. The number of aromatic nitrogens is 1. The zero-order valence-corrected chi connectivity index (χ0v) is 11.2. The van der Waals surface area contributed by atoms with Crippen molar-refractivity contribution in [3.63, 3.8) is 0 Å². The molecule has 0 aromatic carbocycles. The van der Waals surface area contributed by atoms with Crippen LogP contribution >= 0.6 is 0 Å². The van der Waals surface area contributed by atoms with Crippen molar-refractivity contribution < 1.29 is 14.8 Å². The number of pyridine rings is 1. The van der Waals surface area contributed by atoms with Crippen molar-refractivity contribution in [2.45, 2.75) is 33.2 Å². The third-order valence-corrected chi connectivity index (χ3v) is 2.65. The summed E-state index contributed by atoms with van der Waals surface area (Å²) in [5.41, 5.74) is -0.460. The fourth-order valence-corrected chi connectivity index (χ4v) is 1.78. The quantitative estimate of drug-likeness (QED) is 0.627. The molecule has 0 saturated carbocycles. The van der Waals surface area contributed by atoms with E-state index in [1.807, 2.05) is 25.7 Å². The molecule has 0 radical (unpaired) electrons. The number of carboxylic acids is 1. The zero-order chi connectivity index (χ0) is 14.6. The van der Waals surface area contributed by atoms with E-state index in [-0.39, 0.29) is 23.1 Å². The molecule has 1 rings (SSSR count). The van der Waals surface area contributed by atoms with Gasteiger partial charge in [-0.15, -0.1) is 0 Å². The molecule has 104 valence electrons. The predicted octanol–water partition coefficient (Wildman–Crippen LogP) is 2.31. The van der Waals surface area contributed by atoms with E-state index >= 15 is 0 Å². The highest BCUT2D eigenvalue weighted by Crippen LogP contribution is 2.24. The normalized spacial score (nSPS) is 10.5. The Labute approximate surface area is 111 Å². The van der Waals surface area contributed by atoms with Gasteiger partial charge in [0.2, 0.25) is 0 Å². The summed E-state index contributed by atoms with van der Waals surface area (Å²) in [5.74, 6) is -0.942. The van der Waals surface area contributed by atoms with Crippen molar-refractivity contribution in [3.8, 4) is 0 Å². The average molecular weight is 267 g/mol. The summed E-state index contributed by atoms with van der Waals surface area (Å²) in [6.07, 6.45) is 1.92. The first-order valence-corrected chi connectivity index (χ1v) is 6.02. The van der Waals surface area contributed by atoms with Gasteiger partial charge in [-0.1, -0.05) is 6.92 Å². The highest BCUT2D eigenvalue weighted by atomic mass is 16.6. The van der Waals surface area contributed by atoms with E-state index in [0.717, 1.165) is 18.7 Å². The maximum atomic E-state index is 11.2. The minimum absolute atomic E-state index is 0.0620. The molecular weight excluding hydrogens is 250 g/mol. The van der Waals surface area contributed by atoms with Crippen LogP contribution in [0, 0.1) is 10.1 Å². The lowest BCUT2D eigenvalue weighted by Crippen LogP contribution is -2.33. The van der Waals surface area contributed by atoms with Crippen LogP contribution in [0.2, 0.25) is 0 Å². The molecule has 0 amide bonds. The molecule has 7 heteroatoms. The molecule has 1 aromatic heterocycles. The Bertz CT molecular complexity index is 488. The van der Waals surface area contributed by atoms with E-state index in [9.17, 15) is 20.0 Å². The number of nitro groups is 1. The molecule has 0 fully saturated rings. The summed E-state index contributed by atoms with van der Waals surface area (Å²) in [4.78, 5) is 27.1. The van der Waals surface area contributed by atoms with Crippen molar-refractivity contribution in [2.24, 2.45) is 0 Å². The summed E-state index contributed by atoms with van der Waals surface area (Å²) in [6, 6.07) is 1.11. The fraction of sp³-hybridized carbons (Fsp3) is 0.500. The lowest BCUT2D eigenvalue weighted by Gasteiger charge is -2.28. The monoisotopic (exact) mass is 267 g/mol. The SMILES string of the molecule is CCCN(c1ncc([N+](=O)[O-])cc1C(=O)O)C(C)C. The van der Waals surface area contributed by atoms with E-state index in [1.54, 1.807) is 0 Å². The van der Waals surface area contributed by atoms with Crippen molar-refractivity contribution in [3.05, 3.63) is 27.9 Å². The van der Waals surface area contributed by atoms with Gasteiger partial charge >= 0.3 is 5.97 Å². The summed E-state index contributed by atoms with van der Waals surface area (Å²) in [5, 5.41) is 19.9. The van der Waals surface area contributed by atoms with Gasteiger partial charge in [0.15, 0.2) is 0 Å². The van der Waals surface area contributed by atoms with E-state index in [0.29, 0.717) is 6.54 Å². The van der Waals surface area contributed by atoms with Crippen molar-refractivity contribution in [1.82, 2.24) is 4.98 Å². The van der Waals surface area contributed by atoms with Crippen LogP contribution in [0.1, 0.15) is 37.6 Å². The molecule has 0 aliphatic carbocycles. The minimum Gasteiger partial charge on any atom is -0.478 e. The summed E-state index contributed by atoms with van der Waals surface area (Å²) in [7, 11) is 0. The molecule has 0 unspecified atom stereocenters. The standard InChI is InChI=1S/C12H17N3O4/c1-4-5-14(8(2)3)11-10(12(16)17)6-9(7-13-11)15(18)19/h6-8H,4-5H2,1-3H3,(H,16,17). The van der Waals surface area contributed by atoms with Gasteiger partial charge in [-0.05, 0) is 20.3 Å². The number of aromatic carboxylic acids is 1. The Balaban J connectivity index is 3.32. The highest BCUT2D eigenvalue weighted by molar-refractivity contribution is 5.94. The minimum atomic E-state index is -1.21. The Kier molecular flexibility index (Phi) is 4.80. The van der Waals surface area contributed by atoms with Crippen LogP contribution in [0.4, 0.5) is 11.5 Å². The summed E-state index contributed by atoms with van der Waals surface area (Å²) < 4.78 is 0. The second-order valence-corrected chi connectivity index (χ2v) is 4.41. The second-order valence-electron chi connectivity index (χ2n) is 4.41. The molecule has 0 saturated heterocycles. The largest absolute Gasteiger partial charge is 0.478 e. The third kappa shape index (κ3) is 3.40. The van der Waals surface area contributed by atoms with Gasteiger partial charge in [0.05, 0.1) is 4.92 Å². The van der Waals surface area contributed by atoms with Gasteiger partial charge in [0.25, 0.3) is 5.69 Å². The third-order valence-electron chi connectivity index (χ3n) is 2.65.